The number of nitrogens with zero attached hydrogens (tertiary/aromatic N) is 2. The Morgan fingerprint density at radius 2 is 2.08 bits per heavy atom. The van der Waals surface area contributed by atoms with Crippen LogP contribution in [0.15, 0.2) is 53.9 Å². The van der Waals surface area contributed by atoms with Crippen LogP contribution in [0.4, 0.5) is 10.1 Å². The van der Waals surface area contributed by atoms with Crippen molar-refractivity contribution in [3.05, 3.63) is 81.6 Å². The number of hydrogen-bond acceptors (Lipinski definition) is 4. The molecule has 4 nitrogen and oxygen atoms in total. The summed E-state index contributed by atoms with van der Waals surface area (Å²) in [5.41, 5.74) is 3.75. The second-order valence-electron chi connectivity index (χ2n) is 6.23. The van der Waals surface area contributed by atoms with Crippen LogP contribution in [0.5, 0.6) is 0 Å². The highest BCUT2D eigenvalue weighted by atomic mass is 32.1. The number of fused-ring (bicyclic) bond motifs is 1. The number of anilines is 1. The van der Waals surface area contributed by atoms with E-state index in [1.54, 1.807) is 29.5 Å². The zero-order chi connectivity index (χ0) is 17.9. The van der Waals surface area contributed by atoms with Gasteiger partial charge in [-0.1, -0.05) is 18.2 Å². The first-order chi connectivity index (χ1) is 12.7. The Bertz CT molecular complexity index is 926. The highest BCUT2D eigenvalue weighted by Crippen LogP contribution is 2.30. The van der Waals surface area contributed by atoms with Gasteiger partial charge in [0.1, 0.15) is 10.8 Å². The molecule has 132 valence electrons. The lowest BCUT2D eigenvalue weighted by molar-refractivity contribution is 0.0951. The summed E-state index contributed by atoms with van der Waals surface area (Å²) in [5, 5.41) is 5.79. The molecule has 6 heteroatoms. The fraction of sp³-hybridized carbons (Fsp3) is 0.200. The van der Waals surface area contributed by atoms with E-state index in [-0.39, 0.29) is 11.7 Å². The number of halogens is 1. The Kier molecular flexibility index (Phi) is 4.67. The molecule has 3 aromatic rings. The number of carbonyl (C=O) groups excluding carboxylic acids is 1. The lowest BCUT2D eigenvalue weighted by Gasteiger charge is -2.17. The molecule has 0 fully saturated rings. The predicted molar refractivity (Wildman–Crippen MR) is 101 cm³/mol. The molecule has 1 aromatic heterocycles. The number of thiazole rings is 1. The second kappa shape index (κ2) is 7.25. The molecule has 0 saturated heterocycles. The van der Waals surface area contributed by atoms with Crippen LogP contribution in [0, 0.1) is 5.82 Å². The lowest BCUT2D eigenvalue weighted by Crippen LogP contribution is -2.23. The third-order valence-electron chi connectivity index (χ3n) is 4.42. The second-order valence-corrected chi connectivity index (χ2v) is 7.17. The molecule has 0 aliphatic carbocycles. The summed E-state index contributed by atoms with van der Waals surface area (Å²) >= 11 is 1.54. The standard InChI is InChI=1S/C20H18FN3OS/c21-16-6-7-18-15(10-16)8-9-24(18)12-17-13-26-19(23-17)11-22-20(25)14-4-2-1-3-5-14/h1-7,10,13H,8-9,11-12H2,(H,22,25). The SMILES string of the molecule is O=C(NCc1nc(CN2CCc3cc(F)ccc32)cs1)c1ccccc1. The molecule has 0 bridgehead atoms. The molecule has 0 saturated carbocycles. The van der Waals surface area contributed by atoms with E-state index in [1.807, 2.05) is 29.6 Å². The van der Waals surface area contributed by atoms with Crippen molar-refractivity contribution in [2.45, 2.75) is 19.5 Å². The number of amides is 1. The molecule has 2 heterocycles. The maximum absolute atomic E-state index is 13.3. The number of carbonyl (C=O) groups is 1. The van der Waals surface area contributed by atoms with E-state index in [0.717, 1.165) is 34.9 Å². The number of aromatic nitrogens is 1. The van der Waals surface area contributed by atoms with Crippen molar-refractivity contribution >= 4 is 22.9 Å². The van der Waals surface area contributed by atoms with E-state index in [2.05, 4.69) is 15.2 Å². The van der Waals surface area contributed by atoms with Crippen LogP contribution in [0.3, 0.4) is 0 Å². The van der Waals surface area contributed by atoms with Gasteiger partial charge in [-0.15, -0.1) is 11.3 Å². The van der Waals surface area contributed by atoms with E-state index in [0.29, 0.717) is 18.7 Å². The molecule has 0 unspecified atom stereocenters. The van der Waals surface area contributed by atoms with Gasteiger partial charge in [-0.3, -0.25) is 4.79 Å². The summed E-state index contributed by atoms with van der Waals surface area (Å²) in [7, 11) is 0. The van der Waals surface area contributed by atoms with Crippen LogP contribution in [-0.2, 0) is 19.5 Å². The molecule has 26 heavy (non-hydrogen) atoms. The molecule has 2 aromatic carbocycles. The zero-order valence-electron chi connectivity index (χ0n) is 14.1. The molecule has 1 N–H and O–H groups in total. The van der Waals surface area contributed by atoms with Crippen LogP contribution in [0.25, 0.3) is 0 Å². The minimum absolute atomic E-state index is 0.0992. The fourth-order valence-corrected chi connectivity index (χ4v) is 3.87. The Morgan fingerprint density at radius 3 is 2.92 bits per heavy atom. The normalized spacial score (nSPS) is 12.9. The minimum atomic E-state index is -0.185. The van der Waals surface area contributed by atoms with Gasteiger partial charge in [0.15, 0.2) is 0 Å². The Labute approximate surface area is 155 Å². The van der Waals surface area contributed by atoms with Crippen molar-refractivity contribution in [3.63, 3.8) is 0 Å². The molecule has 1 aliphatic heterocycles. The summed E-state index contributed by atoms with van der Waals surface area (Å²) in [4.78, 5) is 18.9. The molecule has 4 rings (SSSR count). The Balaban J connectivity index is 1.36. The van der Waals surface area contributed by atoms with Crippen LogP contribution in [0.1, 0.15) is 26.6 Å². The van der Waals surface area contributed by atoms with Crippen LogP contribution in [0.2, 0.25) is 0 Å². The first kappa shape index (κ1) is 16.7. The minimum Gasteiger partial charge on any atom is -0.365 e. The molecule has 1 amide bonds. The highest BCUT2D eigenvalue weighted by Gasteiger charge is 2.20. The van der Waals surface area contributed by atoms with Gasteiger partial charge in [-0.25, -0.2) is 9.37 Å². The van der Waals surface area contributed by atoms with E-state index in [9.17, 15) is 9.18 Å². The van der Waals surface area contributed by atoms with Crippen molar-refractivity contribution in [1.82, 2.24) is 10.3 Å². The third kappa shape index (κ3) is 3.60. The molecule has 0 atom stereocenters. The summed E-state index contributed by atoms with van der Waals surface area (Å²) in [5.74, 6) is -0.284. The van der Waals surface area contributed by atoms with Crippen molar-refractivity contribution in [1.29, 1.82) is 0 Å². The predicted octanol–water partition coefficient (Wildman–Crippen LogP) is 3.77. The van der Waals surface area contributed by atoms with Crippen LogP contribution >= 0.6 is 11.3 Å². The summed E-state index contributed by atoms with van der Waals surface area (Å²) in [6.45, 7) is 1.98. The van der Waals surface area contributed by atoms with Gasteiger partial charge < -0.3 is 10.2 Å². The van der Waals surface area contributed by atoms with E-state index >= 15 is 0 Å². The van der Waals surface area contributed by atoms with E-state index in [1.165, 1.54) is 6.07 Å². The Morgan fingerprint density at radius 1 is 1.23 bits per heavy atom. The largest absolute Gasteiger partial charge is 0.365 e. The van der Waals surface area contributed by atoms with Gasteiger partial charge in [0.05, 0.1) is 18.8 Å². The van der Waals surface area contributed by atoms with Crippen molar-refractivity contribution in [2.24, 2.45) is 0 Å². The number of hydrogen-bond donors (Lipinski definition) is 1. The van der Waals surface area contributed by atoms with Crippen molar-refractivity contribution in [2.75, 3.05) is 11.4 Å². The van der Waals surface area contributed by atoms with E-state index < -0.39 is 0 Å². The summed E-state index contributed by atoms with van der Waals surface area (Å²) in [6, 6.07) is 14.1. The van der Waals surface area contributed by atoms with Gasteiger partial charge in [0.2, 0.25) is 0 Å². The van der Waals surface area contributed by atoms with Crippen LogP contribution in [-0.4, -0.2) is 17.4 Å². The quantitative estimate of drug-likeness (QED) is 0.747. The highest BCUT2D eigenvalue weighted by molar-refractivity contribution is 7.09. The number of benzene rings is 2. The van der Waals surface area contributed by atoms with Gasteiger partial charge in [-0.05, 0) is 42.3 Å². The smallest absolute Gasteiger partial charge is 0.251 e. The van der Waals surface area contributed by atoms with Gasteiger partial charge in [0.25, 0.3) is 5.91 Å². The third-order valence-corrected chi connectivity index (χ3v) is 5.32. The fourth-order valence-electron chi connectivity index (χ4n) is 3.15. The average Bonchev–Trinajstić information content (AvgIpc) is 3.27. The first-order valence-electron chi connectivity index (χ1n) is 8.49. The molecular weight excluding hydrogens is 349 g/mol. The van der Waals surface area contributed by atoms with Gasteiger partial charge in [-0.2, -0.15) is 0 Å². The van der Waals surface area contributed by atoms with Crippen LogP contribution < -0.4 is 10.2 Å². The summed E-state index contributed by atoms with van der Waals surface area (Å²) < 4.78 is 13.3. The number of rotatable bonds is 5. The van der Waals surface area contributed by atoms with Crippen molar-refractivity contribution in [3.8, 4) is 0 Å². The lowest BCUT2D eigenvalue weighted by atomic mass is 10.2. The summed E-state index contributed by atoms with van der Waals surface area (Å²) in [6.07, 6.45) is 0.858. The van der Waals surface area contributed by atoms with E-state index in [4.69, 9.17) is 0 Å². The topological polar surface area (TPSA) is 45.2 Å². The van der Waals surface area contributed by atoms with Gasteiger partial charge in [0, 0.05) is 23.2 Å². The molecule has 1 aliphatic rings. The zero-order valence-corrected chi connectivity index (χ0v) is 14.9. The monoisotopic (exact) mass is 367 g/mol. The maximum Gasteiger partial charge on any atom is 0.251 e. The first-order valence-corrected chi connectivity index (χ1v) is 9.37. The number of nitrogens with one attached hydrogen (secondary N) is 1. The van der Waals surface area contributed by atoms with Crippen molar-refractivity contribution < 1.29 is 9.18 Å². The maximum atomic E-state index is 13.3. The molecule has 0 radical (unpaired) electrons. The van der Waals surface area contributed by atoms with Gasteiger partial charge >= 0.3 is 0 Å². The molecule has 0 spiro atoms. The Hall–Kier alpha value is -2.73. The molecular formula is C20H18FN3OS. The average molecular weight is 367 g/mol.